The number of anilines is 1. The predicted molar refractivity (Wildman–Crippen MR) is 106 cm³/mol. The van der Waals surface area contributed by atoms with Crippen LogP contribution < -0.4 is 16.0 Å². The Bertz CT molecular complexity index is 590. The van der Waals surface area contributed by atoms with Gasteiger partial charge in [0, 0.05) is 18.3 Å². The maximum atomic E-state index is 12.1. The van der Waals surface area contributed by atoms with Crippen molar-refractivity contribution in [1.82, 2.24) is 10.6 Å². The van der Waals surface area contributed by atoms with Gasteiger partial charge in [-0.3, -0.25) is 4.79 Å². The lowest BCUT2D eigenvalue weighted by Gasteiger charge is -2.32. The summed E-state index contributed by atoms with van der Waals surface area (Å²) >= 11 is 0. The Morgan fingerprint density at radius 3 is 2.42 bits per heavy atom. The highest BCUT2D eigenvalue weighted by Crippen LogP contribution is 2.29. The quantitative estimate of drug-likeness (QED) is 0.357. The van der Waals surface area contributed by atoms with Crippen LogP contribution in [0.4, 0.5) is 5.69 Å². The minimum Gasteiger partial charge on any atom is -0.508 e. The van der Waals surface area contributed by atoms with E-state index in [4.69, 9.17) is 0 Å². The number of carbonyl (C=O) groups is 1. The van der Waals surface area contributed by atoms with Crippen molar-refractivity contribution in [2.24, 2.45) is 16.8 Å². The van der Waals surface area contributed by atoms with E-state index in [9.17, 15) is 9.90 Å². The van der Waals surface area contributed by atoms with E-state index in [-0.39, 0.29) is 18.2 Å². The van der Waals surface area contributed by atoms with Crippen LogP contribution in [0.3, 0.4) is 0 Å². The van der Waals surface area contributed by atoms with Crippen molar-refractivity contribution >= 4 is 17.6 Å². The lowest BCUT2D eigenvalue weighted by Crippen LogP contribution is -2.45. The first-order valence-electron chi connectivity index (χ1n) is 9.61. The van der Waals surface area contributed by atoms with Crippen molar-refractivity contribution in [3.05, 3.63) is 24.3 Å². The van der Waals surface area contributed by atoms with Crippen molar-refractivity contribution in [3.63, 3.8) is 0 Å². The lowest BCUT2D eigenvalue weighted by atomic mass is 9.80. The van der Waals surface area contributed by atoms with E-state index >= 15 is 0 Å². The molecule has 0 radical (unpaired) electrons. The van der Waals surface area contributed by atoms with Gasteiger partial charge in [-0.25, -0.2) is 4.99 Å². The van der Waals surface area contributed by atoms with E-state index < -0.39 is 0 Å². The SMILES string of the molecule is CCNC(=NCC(=O)Nc1ccc(O)cc1)NC1CCC(C(C)C)CC1. The van der Waals surface area contributed by atoms with Gasteiger partial charge in [0.05, 0.1) is 0 Å². The molecule has 1 aromatic carbocycles. The first-order valence-corrected chi connectivity index (χ1v) is 9.61. The van der Waals surface area contributed by atoms with Crippen LogP contribution in [0.25, 0.3) is 0 Å². The lowest BCUT2D eigenvalue weighted by molar-refractivity contribution is -0.114. The van der Waals surface area contributed by atoms with E-state index in [0.717, 1.165) is 31.2 Å². The molecule has 144 valence electrons. The van der Waals surface area contributed by atoms with E-state index in [2.05, 4.69) is 34.8 Å². The third-order valence-corrected chi connectivity index (χ3v) is 4.93. The minimum atomic E-state index is -0.184. The van der Waals surface area contributed by atoms with Gasteiger partial charge >= 0.3 is 0 Å². The number of hydrogen-bond donors (Lipinski definition) is 4. The molecule has 0 saturated heterocycles. The van der Waals surface area contributed by atoms with Gasteiger partial charge in [0.25, 0.3) is 0 Å². The number of carbonyl (C=O) groups excluding carboxylic acids is 1. The summed E-state index contributed by atoms with van der Waals surface area (Å²) in [6, 6.07) is 6.82. The Kier molecular flexibility index (Phi) is 7.75. The fraction of sp³-hybridized carbons (Fsp3) is 0.600. The Balaban J connectivity index is 1.84. The zero-order valence-electron chi connectivity index (χ0n) is 16.1. The van der Waals surface area contributed by atoms with E-state index in [0.29, 0.717) is 17.7 Å². The summed E-state index contributed by atoms with van der Waals surface area (Å²) in [6.45, 7) is 7.43. The third kappa shape index (κ3) is 6.58. The van der Waals surface area contributed by atoms with Gasteiger partial charge in [-0.15, -0.1) is 0 Å². The molecule has 1 aromatic rings. The van der Waals surface area contributed by atoms with Crippen LogP contribution in [0.2, 0.25) is 0 Å². The molecule has 1 fully saturated rings. The van der Waals surface area contributed by atoms with Crippen molar-refractivity contribution in [2.75, 3.05) is 18.4 Å². The average molecular weight is 361 g/mol. The fourth-order valence-electron chi connectivity index (χ4n) is 3.34. The minimum absolute atomic E-state index is 0.0531. The number of hydrogen-bond acceptors (Lipinski definition) is 3. The summed E-state index contributed by atoms with van der Waals surface area (Å²) in [7, 11) is 0. The number of phenolic OH excluding ortho intramolecular Hbond substituents is 1. The first-order chi connectivity index (χ1) is 12.5. The molecule has 6 heteroatoms. The average Bonchev–Trinajstić information content (AvgIpc) is 2.62. The number of benzene rings is 1. The molecular formula is C20H32N4O2. The molecule has 0 atom stereocenters. The Hall–Kier alpha value is -2.24. The number of phenols is 1. The molecule has 1 amide bonds. The van der Waals surface area contributed by atoms with Gasteiger partial charge in [-0.1, -0.05) is 13.8 Å². The van der Waals surface area contributed by atoms with Gasteiger partial charge in [-0.2, -0.15) is 0 Å². The fourth-order valence-corrected chi connectivity index (χ4v) is 3.34. The molecule has 4 N–H and O–H groups in total. The van der Waals surface area contributed by atoms with Crippen LogP contribution in [0.15, 0.2) is 29.3 Å². The van der Waals surface area contributed by atoms with Crippen molar-refractivity contribution < 1.29 is 9.90 Å². The number of amides is 1. The molecule has 1 aliphatic carbocycles. The summed E-state index contributed by atoms with van der Waals surface area (Å²) in [5.41, 5.74) is 0.646. The zero-order chi connectivity index (χ0) is 18.9. The predicted octanol–water partition coefficient (Wildman–Crippen LogP) is 3.10. The van der Waals surface area contributed by atoms with Crippen LogP contribution in [0.5, 0.6) is 5.75 Å². The highest BCUT2D eigenvalue weighted by atomic mass is 16.3. The maximum absolute atomic E-state index is 12.1. The second-order valence-electron chi connectivity index (χ2n) is 7.29. The van der Waals surface area contributed by atoms with Crippen LogP contribution >= 0.6 is 0 Å². The third-order valence-electron chi connectivity index (χ3n) is 4.93. The van der Waals surface area contributed by atoms with Crippen LogP contribution in [0.1, 0.15) is 46.5 Å². The Morgan fingerprint density at radius 2 is 1.85 bits per heavy atom. The molecule has 6 nitrogen and oxygen atoms in total. The summed E-state index contributed by atoms with van der Waals surface area (Å²) in [5, 5.41) is 18.7. The summed E-state index contributed by atoms with van der Waals surface area (Å²) < 4.78 is 0. The molecule has 2 rings (SSSR count). The van der Waals surface area contributed by atoms with Crippen molar-refractivity contribution in [1.29, 1.82) is 0 Å². The number of guanidine groups is 1. The van der Waals surface area contributed by atoms with Gasteiger partial charge < -0.3 is 21.1 Å². The molecule has 0 aromatic heterocycles. The standard InChI is InChI=1S/C20H32N4O2/c1-4-21-20(24-17-7-5-15(6-8-17)14(2)3)22-13-19(26)23-16-9-11-18(25)12-10-16/h9-12,14-15,17,25H,4-8,13H2,1-3H3,(H,23,26)(H2,21,22,24). The second-order valence-corrected chi connectivity index (χ2v) is 7.29. The monoisotopic (exact) mass is 360 g/mol. The van der Waals surface area contributed by atoms with Gasteiger partial charge in [0.15, 0.2) is 5.96 Å². The Labute approximate surface area is 156 Å². The largest absolute Gasteiger partial charge is 0.508 e. The number of rotatable bonds is 6. The summed E-state index contributed by atoms with van der Waals surface area (Å²) in [6.07, 6.45) is 4.78. The number of nitrogens with zero attached hydrogens (tertiary/aromatic N) is 1. The topological polar surface area (TPSA) is 85.8 Å². The smallest absolute Gasteiger partial charge is 0.246 e. The molecule has 0 unspecified atom stereocenters. The highest BCUT2D eigenvalue weighted by Gasteiger charge is 2.23. The normalized spacial score (nSPS) is 20.7. The summed E-state index contributed by atoms with van der Waals surface area (Å²) in [5.74, 6) is 2.26. The molecule has 0 heterocycles. The zero-order valence-corrected chi connectivity index (χ0v) is 16.1. The van der Waals surface area contributed by atoms with Crippen LogP contribution in [-0.2, 0) is 4.79 Å². The van der Waals surface area contributed by atoms with Crippen LogP contribution in [-0.4, -0.2) is 36.1 Å². The molecular weight excluding hydrogens is 328 g/mol. The first kappa shape index (κ1) is 20.1. The Morgan fingerprint density at radius 1 is 1.19 bits per heavy atom. The highest BCUT2D eigenvalue weighted by molar-refractivity contribution is 5.94. The molecule has 1 aliphatic rings. The van der Waals surface area contributed by atoms with E-state index in [1.54, 1.807) is 12.1 Å². The number of aromatic hydroxyl groups is 1. The van der Waals surface area contributed by atoms with Crippen LogP contribution in [0, 0.1) is 11.8 Å². The van der Waals surface area contributed by atoms with E-state index in [1.807, 2.05) is 6.92 Å². The molecule has 0 aliphatic heterocycles. The molecule has 26 heavy (non-hydrogen) atoms. The number of nitrogens with one attached hydrogen (secondary N) is 3. The van der Waals surface area contributed by atoms with E-state index in [1.165, 1.54) is 25.0 Å². The molecule has 1 saturated carbocycles. The maximum Gasteiger partial charge on any atom is 0.246 e. The molecule has 0 spiro atoms. The van der Waals surface area contributed by atoms with Gasteiger partial charge in [-0.05, 0) is 68.7 Å². The summed E-state index contributed by atoms with van der Waals surface area (Å²) in [4.78, 5) is 16.5. The molecule has 0 bridgehead atoms. The van der Waals surface area contributed by atoms with Gasteiger partial charge in [0.1, 0.15) is 12.3 Å². The van der Waals surface area contributed by atoms with Crippen molar-refractivity contribution in [2.45, 2.75) is 52.5 Å². The second kappa shape index (κ2) is 10.0. The van der Waals surface area contributed by atoms with Crippen molar-refractivity contribution in [3.8, 4) is 5.75 Å². The number of aliphatic imine (C=N–C) groups is 1. The van der Waals surface area contributed by atoms with Gasteiger partial charge in [0.2, 0.25) is 5.91 Å².